The van der Waals surface area contributed by atoms with Crippen LogP contribution in [0.4, 0.5) is 0 Å². The Balaban J connectivity index is 1.91. The number of piperidine rings is 1. The minimum atomic E-state index is -0.487. The number of carbonyl (C=O) groups is 1. The summed E-state index contributed by atoms with van der Waals surface area (Å²) in [6, 6.07) is 5.65. The molecule has 1 aliphatic heterocycles. The summed E-state index contributed by atoms with van der Waals surface area (Å²) in [5.74, 6) is 0.533. The van der Waals surface area contributed by atoms with Crippen LogP contribution in [0.15, 0.2) is 24.4 Å². The Morgan fingerprint density at radius 2 is 2.32 bits per heavy atom. The van der Waals surface area contributed by atoms with Crippen molar-refractivity contribution in [3.63, 3.8) is 0 Å². The van der Waals surface area contributed by atoms with Crippen molar-refractivity contribution in [3.05, 3.63) is 30.1 Å². The molecule has 19 heavy (non-hydrogen) atoms. The highest BCUT2D eigenvalue weighted by Crippen LogP contribution is 2.51. The van der Waals surface area contributed by atoms with Crippen LogP contribution >= 0.6 is 0 Å². The van der Waals surface area contributed by atoms with E-state index >= 15 is 0 Å². The van der Waals surface area contributed by atoms with Crippen molar-refractivity contribution in [3.8, 4) is 0 Å². The first-order chi connectivity index (χ1) is 9.04. The van der Waals surface area contributed by atoms with Gasteiger partial charge in [0.1, 0.15) is 5.69 Å². The highest BCUT2D eigenvalue weighted by Gasteiger charge is 2.60. The Morgan fingerprint density at radius 3 is 2.95 bits per heavy atom. The van der Waals surface area contributed by atoms with Crippen LogP contribution in [0, 0.1) is 5.92 Å². The van der Waals surface area contributed by atoms with Gasteiger partial charge in [0, 0.05) is 12.2 Å². The smallest absolute Gasteiger partial charge is 0.273 e. The van der Waals surface area contributed by atoms with Crippen molar-refractivity contribution in [2.24, 2.45) is 5.92 Å². The maximum atomic E-state index is 12.6. The molecule has 1 saturated heterocycles. The van der Waals surface area contributed by atoms with Crippen LogP contribution in [-0.2, 0) is 0 Å². The molecule has 2 fully saturated rings. The highest BCUT2D eigenvalue weighted by molar-refractivity contribution is 5.94. The molecule has 2 unspecified atom stereocenters. The van der Waals surface area contributed by atoms with Gasteiger partial charge in [-0.05, 0) is 44.2 Å². The Kier molecular flexibility index (Phi) is 2.86. The molecule has 1 amide bonds. The van der Waals surface area contributed by atoms with Crippen LogP contribution in [-0.4, -0.2) is 38.6 Å². The van der Waals surface area contributed by atoms with Gasteiger partial charge in [0.25, 0.3) is 5.91 Å². The molecular formula is C15H20N2O2. The molecule has 1 aromatic rings. The van der Waals surface area contributed by atoms with Crippen molar-refractivity contribution >= 4 is 5.91 Å². The van der Waals surface area contributed by atoms with Gasteiger partial charge in [0.2, 0.25) is 0 Å². The number of aromatic nitrogens is 1. The van der Waals surface area contributed by atoms with Crippen LogP contribution in [0.3, 0.4) is 0 Å². The first kappa shape index (κ1) is 12.6. The lowest BCUT2D eigenvalue weighted by Crippen LogP contribution is -2.75. The van der Waals surface area contributed by atoms with Crippen LogP contribution in [0.2, 0.25) is 0 Å². The molecule has 2 bridgehead atoms. The molecule has 1 aliphatic carbocycles. The molecular weight excluding hydrogens is 240 g/mol. The lowest BCUT2D eigenvalue weighted by molar-refractivity contribution is -0.152. The minimum absolute atomic E-state index is 0.0374. The average Bonchev–Trinajstić information content (AvgIpc) is 2.38. The number of pyridine rings is 1. The van der Waals surface area contributed by atoms with Crippen molar-refractivity contribution in [2.45, 2.75) is 50.8 Å². The summed E-state index contributed by atoms with van der Waals surface area (Å²) in [5.41, 5.74) is 0.114. The molecule has 4 nitrogen and oxygen atoms in total. The second kappa shape index (κ2) is 4.30. The zero-order chi connectivity index (χ0) is 13.6. The number of fused-ring (bicyclic) bond motifs is 2. The van der Waals surface area contributed by atoms with E-state index < -0.39 is 6.10 Å². The van der Waals surface area contributed by atoms with E-state index in [1.165, 1.54) is 0 Å². The predicted molar refractivity (Wildman–Crippen MR) is 71.6 cm³/mol. The van der Waals surface area contributed by atoms with Crippen LogP contribution in [0.1, 0.15) is 43.6 Å². The van der Waals surface area contributed by atoms with Gasteiger partial charge in [-0.2, -0.15) is 0 Å². The normalized spacial score (nSPS) is 34.6. The number of aliphatic hydroxyl groups excluding tert-OH is 1. The number of hydrogen-bond acceptors (Lipinski definition) is 3. The zero-order valence-electron chi connectivity index (χ0n) is 11.4. The Labute approximate surface area is 113 Å². The predicted octanol–water partition coefficient (Wildman–Crippen LogP) is 1.85. The molecule has 1 saturated carbocycles. The SMILES string of the molecule is CC(O)[C@@]12CC(C[C@@H](C)C1)N2C(=O)c1ccccn1. The Morgan fingerprint density at radius 1 is 1.53 bits per heavy atom. The average molecular weight is 260 g/mol. The maximum absolute atomic E-state index is 12.6. The number of hydrogen-bond donors (Lipinski definition) is 1. The van der Waals surface area contributed by atoms with E-state index in [9.17, 15) is 9.90 Å². The lowest BCUT2D eigenvalue weighted by Gasteiger charge is -2.64. The molecule has 4 heteroatoms. The molecule has 3 rings (SSSR count). The lowest BCUT2D eigenvalue weighted by atomic mass is 9.62. The molecule has 4 atom stereocenters. The van der Waals surface area contributed by atoms with Crippen molar-refractivity contribution < 1.29 is 9.90 Å². The summed E-state index contributed by atoms with van der Waals surface area (Å²) in [7, 11) is 0. The van der Waals surface area contributed by atoms with E-state index in [0.717, 1.165) is 19.3 Å². The second-order valence-corrected chi connectivity index (χ2v) is 6.07. The third-order valence-corrected chi connectivity index (χ3v) is 4.69. The summed E-state index contributed by atoms with van der Waals surface area (Å²) in [6.45, 7) is 4.00. The number of nitrogens with zero attached hydrogens (tertiary/aromatic N) is 2. The minimum Gasteiger partial charge on any atom is -0.391 e. The molecule has 2 heterocycles. The fourth-order valence-corrected chi connectivity index (χ4v) is 3.89. The van der Waals surface area contributed by atoms with Gasteiger partial charge in [0.15, 0.2) is 0 Å². The largest absolute Gasteiger partial charge is 0.391 e. The fourth-order valence-electron chi connectivity index (χ4n) is 3.89. The summed E-state index contributed by atoms with van der Waals surface area (Å²) >= 11 is 0. The molecule has 102 valence electrons. The van der Waals surface area contributed by atoms with E-state index in [1.54, 1.807) is 25.3 Å². The van der Waals surface area contributed by atoms with Gasteiger partial charge in [-0.1, -0.05) is 13.0 Å². The monoisotopic (exact) mass is 260 g/mol. The van der Waals surface area contributed by atoms with Crippen molar-refractivity contribution in [2.75, 3.05) is 0 Å². The van der Waals surface area contributed by atoms with Gasteiger partial charge >= 0.3 is 0 Å². The van der Waals surface area contributed by atoms with E-state index in [1.807, 2.05) is 11.0 Å². The number of rotatable bonds is 2. The summed E-state index contributed by atoms with van der Waals surface area (Å²) in [6.07, 6.45) is 4.00. The fraction of sp³-hybridized carbons (Fsp3) is 0.600. The molecule has 0 spiro atoms. The van der Waals surface area contributed by atoms with E-state index in [-0.39, 0.29) is 17.5 Å². The van der Waals surface area contributed by atoms with Crippen molar-refractivity contribution in [1.82, 2.24) is 9.88 Å². The topological polar surface area (TPSA) is 53.4 Å². The van der Waals surface area contributed by atoms with Gasteiger partial charge < -0.3 is 10.0 Å². The number of aliphatic hydroxyl groups is 1. The molecule has 2 aliphatic rings. The number of likely N-dealkylation sites (tertiary alicyclic amines) is 1. The maximum Gasteiger partial charge on any atom is 0.273 e. The Hall–Kier alpha value is -1.42. The number of carbonyl (C=O) groups excluding carboxylic acids is 1. The van der Waals surface area contributed by atoms with Gasteiger partial charge in [0.05, 0.1) is 11.6 Å². The molecule has 0 aromatic carbocycles. The second-order valence-electron chi connectivity index (χ2n) is 6.07. The highest BCUT2D eigenvalue weighted by atomic mass is 16.3. The molecule has 1 aromatic heterocycles. The Bertz CT molecular complexity index is 488. The van der Waals surface area contributed by atoms with Crippen molar-refractivity contribution in [1.29, 1.82) is 0 Å². The summed E-state index contributed by atoms with van der Waals surface area (Å²) in [5, 5.41) is 10.1. The van der Waals surface area contributed by atoms with Gasteiger partial charge in [-0.15, -0.1) is 0 Å². The first-order valence-electron chi connectivity index (χ1n) is 6.97. The third-order valence-electron chi connectivity index (χ3n) is 4.69. The van der Waals surface area contributed by atoms with Crippen LogP contribution in [0.5, 0.6) is 0 Å². The van der Waals surface area contributed by atoms with Crippen LogP contribution in [0.25, 0.3) is 0 Å². The number of amides is 1. The summed E-state index contributed by atoms with van der Waals surface area (Å²) < 4.78 is 0. The summed E-state index contributed by atoms with van der Waals surface area (Å²) in [4.78, 5) is 18.6. The quantitative estimate of drug-likeness (QED) is 0.883. The van der Waals surface area contributed by atoms with E-state index in [4.69, 9.17) is 0 Å². The standard InChI is InChI=1S/C15H20N2O2/c1-10-7-12-9-15(8-10,11(2)18)17(12)14(19)13-5-3-4-6-16-13/h3-6,10-12,18H,7-9H2,1-2H3/t10-,11?,12?,15+/m1/s1. The third kappa shape index (κ3) is 1.77. The first-order valence-corrected chi connectivity index (χ1v) is 6.97. The zero-order valence-corrected chi connectivity index (χ0v) is 11.4. The van der Waals surface area contributed by atoms with E-state index in [0.29, 0.717) is 11.6 Å². The molecule has 0 radical (unpaired) electrons. The van der Waals surface area contributed by atoms with Gasteiger partial charge in [-0.25, -0.2) is 0 Å². The van der Waals surface area contributed by atoms with Gasteiger partial charge in [-0.3, -0.25) is 9.78 Å². The van der Waals surface area contributed by atoms with Crippen LogP contribution < -0.4 is 0 Å². The molecule has 1 N–H and O–H groups in total. The van der Waals surface area contributed by atoms with E-state index in [2.05, 4.69) is 11.9 Å².